The number of fused-ring (bicyclic) bond motifs is 1. The van der Waals surface area contributed by atoms with Crippen LogP contribution in [0.4, 0.5) is 0 Å². The number of rotatable bonds is 18. The summed E-state index contributed by atoms with van der Waals surface area (Å²) < 4.78 is 5.94. The minimum absolute atomic E-state index is 0.291. The molecule has 0 aliphatic heterocycles. The molecule has 0 saturated heterocycles. The van der Waals surface area contributed by atoms with Crippen molar-refractivity contribution in [3.63, 3.8) is 0 Å². The van der Waals surface area contributed by atoms with Crippen LogP contribution in [0, 0.1) is 0 Å². The van der Waals surface area contributed by atoms with Crippen LogP contribution in [-0.2, 0) is 16.2 Å². The van der Waals surface area contributed by atoms with Crippen molar-refractivity contribution in [2.45, 2.75) is 90.3 Å². The number of hydrogen-bond acceptors (Lipinski definition) is 5. The molecule has 1 unspecified atom stereocenters. The van der Waals surface area contributed by atoms with Crippen LogP contribution in [0.2, 0.25) is 0 Å². The first-order valence-corrected chi connectivity index (χ1v) is 13.6. The Morgan fingerprint density at radius 1 is 0.892 bits per heavy atom. The van der Waals surface area contributed by atoms with Gasteiger partial charge in [-0.25, -0.2) is 9.78 Å². The Hall–Kier alpha value is -3.41. The molecule has 0 bridgehead atoms. The van der Waals surface area contributed by atoms with Gasteiger partial charge in [0.05, 0.1) is 11.2 Å². The molecule has 3 aromatic rings. The molecule has 0 saturated carbocycles. The lowest BCUT2D eigenvalue weighted by atomic mass is 10.0. The SMILES string of the molecule is CCCCCCCCCCCCC(O/N=C/C(=O)O)c1ccc(OCc2ccc3ccccc3n2)cc1. The zero-order chi connectivity index (χ0) is 26.1. The van der Waals surface area contributed by atoms with Gasteiger partial charge in [-0.15, -0.1) is 0 Å². The molecule has 3 rings (SSSR count). The molecule has 0 aliphatic rings. The Balaban J connectivity index is 1.46. The van der Waals surface area contributed by atoms with E-state index in [-0.39, 0.29) is 6.10 Å². The van der Waals surface area contributed by atoms with E-state index in [4.69, 9.17) is 14.7 Å². The number of benzene rings is 2. The van der Waals surface area contributed by atoms with E-state index >= 15 is 0 Å². The summed E-state index contributed by atoms with van der Waals surface area (Å²) in [5.74, 6) is -0.380. The van der Waals surface area contributed by atoms with E-state index < -0.39 is 5.97 Å². The predicted molar refractivity (Wildman–Crippen MR) is 149 cm³/mol. The maximum absolute atomic E-state index is 10.8. The van der Waals surface area contributed by atoms with Gasteiger partial charge in [0.2, 0.25) is 0 Å². The summed E-state index contributed by atoms with van der Waals surface area (Å²) in [6.07, 6.45) is 13.9. The average Bonchev–Trinajstić information content (AvgIpc) is 2.92. The van der Waals surface area contributed by atoms with E-state index in [2.05, 4.69) is 23.1 Å². The summed E-state index contributed by atoms with van der Waals surface area (Å²) in [5.41, 5.74) is 2.77. The van der Waals surface area contributed by atoms with Crippen LogP contribution >= 0.6 is 0 Å². The highest BCUT2D eigenvalue weighted by atomic mass is 16.6. The van der Waals surface area contributed by atoms with E-state index in [1.54, 1.807) is 0 Å². The lowest BCUT2D eigenvalue weighted by Gasteiger charge is -2.16. The summed E-state index contributed by atoms with van der Waals surface area (Å²) >= 11 is 0. The first-order valence-electron chi connectivity index (χ1n) is 13.6. The maximum Gasteiger partial charge on any atom is 0.350 e. The second-order valence-electron chi connectivity index (χ2n) is 9.49. The monoisotopic (exact) mass is 504 g/mol. The van der Waals surface area contributed by atoms with Gasteiger partial charge in [0.25, 0.3) is 0 Å². The number of unbranched alkanes of at least 4 members (excludes halogenated alkanes) is 9. The third-order valence-electron chi connectivity index (χ3n) is 6.47. The van der Waals surface area contributed by atoms with Gasteiger partial charge < -0.3 is 14.7 Å². The van der Waals surface area contributed by atoms with Gasteiger partial charge >= 0.3 is 5.97 Å². The van der Waals surface area contributed by atoms with Crippen molar-refractivity contribution in [2.24, 2.45) is 5.16 Å². The lowest BCUT2D eigenvalue weighted by Crippen LogP contribution is -2.04. The standard InChI is InChI=1S/C31H40N2O4/c1-2-3-4-5-6-7-8-9-10-11-16-30(37-32-23-31(34)35)26-18-21-28(22-19-26)36-24-27-20-17-25-14-12-13-15-29(25)33-27/h12-15,17-23,30H,2-11,16,24H2,1H3,(H,34,35)/b32-23+. The van der Waals surface area contributed by atoms with Crippen LogP contribution < -0.4 is 4.74 Å². The maximum atomic E-state index is 10.8. The minimum atomic E-state index is -1.12. The van der Waals surface area contributed by atoms with Gasteiger partial charge in [-0.3, -0.25) is 0 Å². The van der Waals surface area contributed by atoms with Crippen LogP contribution in [0.1, 0.15) is 94.9 Å². The molecule has 6 nitrogen and oxygen atoms in total. The lowest BCUT2D eigenvalue weighted by molar-refractivity contribution is -0.129. The molecule has 6 heteroatoms. The van der Waals surface area contributed by atoms with E-state index in [1.807, 2.05) is 54.6 Å². The number of nitrogens with zero attached hydrogens (tertiary/aromatic N) is 2. The number of aliphatic carboxylic acids is 1. The topological polar surface area (TPSA) is 81.0 Å². The van der Waals surface area contributed by atoms with Gasteiger partial charge in [0.1, 0.15) is 12.4 Å². The fourth-order valence-corrected chi connectivity index (χ4v) is 4.37. The molecule has 1 N–H and O–H groups in total. The number of carbonyl (C=O) groups is 1. The van der Waals surface area contributed by atoms with Gasteiger partial charge in [0.15, 0.2) is 12.3 Å². The van der Waals surface area contributed by atoms with Gasteiger partial charge in [-0.1, -0.05) is 106 Å². The number of pyridine rings is 1. The summed E-state index contributed by atoms with van der Waals surface area (Å²) in [4.78, 5) is 21.0. The number of oxime groups is 1. The number of aromatic nitrogens is 1. The highest BCUT2D eigenvalue weighted by molar-refractivity contribution is 6.21. The third-order valence-corrected chi connectivity index (χ3v) is 6.47. The van der Waals surface area contributed by atoms with Crippen molar-refractivity contribution in [1.29, 1.82) is 0 Å². The van der Waals surface area contributed by atoms with Gasteiger partial charge in [0, 0.05) is 5.39 Å². The quantitative estimate of drug-likeness (QED) is 0.107. The van der Waals surface area contributed by atoms with Crippen molar-refractivity contribution in [1.82, 2.24) is 4.98 Å². The highest BCUT2D eigenvalue weighted by Crippen LogP contribution is 2.27. The third kappa shape index (κ3) is 10.6. The number of para-hydroxylation sites is 1. The first-order chi connectivity index (χ1) is 18.2. The first kappa shape index (κ1) is 28.2. The van der Waals surface area contributed by atoms with Crippen LogP contribution in [-0.4, -0.2) is 22.3 Å². The van der Waals surface area contributed by atoms with Crippen LogP contribution in [0.5, 0.6) is 5.75 Å². The molecule has 0 aliphatic carbocycles. The molecule has 1 aromatic heterocycles. The van der Waals surface area contributed by atoms with Crippen LogP contribution in [0.15, 0.2) is 65.8 Å². The van der Waals surface area contributed by atoms with E-state index in [0.29, 0.717) is 6.61 Å². The molecule has 0 radical (unpaired) electrons. The smallest absolute Gasteiger partial charge is 0.350 e. The highest BCUT2D eigenvalue weighted by Gasteiger charge is 2.13. The molecular formula is C31H40N2O4. The zero-order valence-corrected chi connectivity index (χ0v) is 22.0. The summed E-state index contributed by atoms with van der Waals surface area (Å²) in [5, 5.41) is 13.6. The van der Waals surface area contributed by atoms with E-state index in [9.17, 15) is 4.79 Å². The van der Waals surface area contributed by atoms with Crippen molar-refractivity contribution < 1.29 is 19.5 Å². The molecule has 1 atom stereocenters. The summed E-state index contributed by atoms with van der Waals surface area (Å²) in [6.45, 7) is 2.63. The minimum Gasteiger partial charge on any atom is -0.487 e. The Bertz CT molecular complexity index is 1100. The van der Waals surface area contributed by atoms with Crippen LogP contribution in [0.25, 0.3) is 10.9 Å². The molecule has 0 spiro atoms. The molecule has 0 amide bonds. The van der Waals surface area contributed by atoms with Gasteiger partial charge in [-0.2, -0.15) is 0 Å². The summed E-state index contributed by atoms with van der Waals surface area (Å²) in [7, 11) is 0. The molecule has 1 heterocycles. The average molecular weight is 505 g/mol. The van der Waals surface area contributed by atoms with E-state index in [0.717, 1.165) is 53.4 Å². The Morgan fingerprint density at radius 2 is 1.57 bits per heavy atom. The Morgan fingerprint density at radius 3 is 2.27 bits per heavy atom. The Kier molecular flexibility index (Phi) is 12.5. The number of carboxylic acid groups (broad SMARTS) is 1. The normalized spacial score (nSPS) is 12.1. The largest absolute Gasteiger partial charge is 0.487 e. The van der Waals surface area contributed by atoms with Gasteiger partial charge in [-0.05, 0) is 42.7 Å². The van der Waals surface area contributed by atoms with Crippen molar-refractivity contribution in [3.8, 4) is 5.75 Å². The predicted octanol–water partition coefficient (Wildman–Crippen LogP) is 8.25. The second kappa shape index (κ2) is 16.4. The second-order valence-corrected chi connectivity index (χ2v) is 9.49. The van der Waals surface area contributed by atoms with E-state index in [1.165, 1.54) is 51.4 Å². The van der Waals surface area contributed by atoms with Crippen molar-refractivity contribution in [2.75, 3.05) is 0 Å². The fourth-order valence-electron chi connectivity index (χ4n) is 4.37. The molecular weight excluding hydrogens is 464 g/mol. The van der Waals surface area contributed by atoms with Crippen molar-refractivity contribution in [3.05, 3.63) is 71.9 Å². The Labute approximate surface area is 220 Å². The molecule has 198 valence electrons. The zero-order valence-electron chi connectivity index (χ0n) is 22.0. The number of ether oxygens (including phenoxy) is 1. The molecule has 0 fully saturated rings. The van der Waals surface area contributed by atoms with Crippen molar-refractivity contribution >= 4 is 23.1 Å². The number of hydrogen-bond donors (Lipinski definition) is 1. The molecule has 37 heavy (non-hydrogen) atoms. The fraction of sp³-hybridized carbons (Fsp3) is 0.452. The summed E-state index contributed by atoms with van der Waals surface area (Å²) in [6, 6.07) is 19.8. The molecule has 2 aromatic carbocycles. The van der Waals surface area contributed by atoms with Crippen LogP contribution in [0.3, 0.4) is 0 Å². The number of carboxylic acids is 1.